The van der Waals surface area contributed by atoms with Crippen molar-refractivity contribution in [1.29, 1.82) is 0 Å². The summed E-state index contributed by atoms with van der Waals surface area (Å²) in [6, 6.07) is 12.4. The van der Waals surface area contributed by atoms with E-state index in [1.54, 1.807) is 0 Å². The first-order valence-electron chi connectivity index (χ1n) is 8.92. The lowest BCUT2D eigenvalue weighted by Gasteiger charge is -2.43. The molecule has 0 unspecified atom stereocenters. The molecule has 0 saturated heterocycles. The topological polar surface area (TPSA) is 15.6 Å². The molecule has 1 heterocycles. The number of anilines is 1. The number of halogens is 2. The minimum absolute atomic E-state index is 0.00719. The van der Waals surface area contributed by atoms with Crippen molar-refractivity contribution in [3.8, 4) is 0 Å². The monoisotopic (exact) mass is 478 g/mol. The van der Waals surface area contributed by atoms with E-state index in [0.717, 1.165) is 29.2 Å². The van der Waals surface area contributed by atoms with Gasteiger partial charge in [0.1, 0.15) is 0 Å². The van der Waals surface area contributed by atoms with Crippen LogP contribution in [0.1, 0.15) is 45.2 Å². The molecule has 3 rings (SSSR count). The number of benzene rings is 2. The molecule has 2 aromatic rings. The van der Waals surface area contributed by atoms with E-state index in [0.29, 0.717) is 0 Å². The molecule has 0 saturated carbocycles. The average Bonchev–Trinajstić information content (AvgIpc) is 2.57. The number of aliphatic imine (C=N–C) groups is 1. The van der Waals surface area contributed by atoms with E-state index in [4.69, 9.17) is 11.6 Å². The van der Waals surface area contributed by atoms with Crippen molar-refractivity contribution in [1.82, 2.24) is 0 Å². The fraction of sp³-hybridized carbons (Fsp3) is 0.318. The molecule has 0 amide bonds. The van der Waals surface area contributed by atoms with Crippen LogP contribution in [0.5, 0.6) is 0 Å². The number of fused-ring (bicyclic) bond motifs is 1. The van der Waals surface area contributed by atoms with Gasteiger partial charge < -0.3 is 4.90 Å². The highest BCUT2D eigenvalue weighted by atomic mass is 127. The lowest BCUT2D eigenvalue weighted by Crippen LogP contribution is -2.45. The Labute approximate surface area is 175 Å². The first kappa shape index (κ1) is 19.4. The van der Waals surface area contributed by atoms with Crippen LogP contribution in [0.15, 0.2) is 47.5 Å². The van der Waals surface area contributed by atoms with Gasteiger partial charge in [-0.1, -0.05) is 30.7 Å². The van der Waals surface area contributed by atoms with Crippen LogP contribution in [-0.4, -0.2) is 18.3 Å². The maximum absolute atomic E-state index is 6.63. The SMILES string of the molecule is CCCN1c2cc(Cl)c(C=Nc3cccc(I)c3)cc2C(C)=CC1(C)C. The molecule has 2 aromatic carbocycles. The van der Waals surface area contributed by atoms with Crippen LogP contribution in [0.2, 0.25) is 5.02 Å². The van der Waals surface area contributed by atoms with E-state index in [9.17, 15) is 0 Å². The molecule has 0 bridgehead atoms. The van der Waals surface area contributed by atoms with Crippen LogP contribution in [0, 0.1) is 3.57 Å². The van der Waals surface area contributed by atoms with Gasteiger partial charge in [-0.3, -0.25) is 4.99 Å². The summed E-state index contributed by atoms with van der Waals surface area (Å²) in [5, 5.41) is 0.740. The molecule has 0 fully saturated rings. The van der Waals surface area contributed by atoms with Gasteiger partial charge in [0.2, 0.25) is 0 Å². The van der Waals surface area contributed by atoms with E-state index in [-0.39, 0.29) is 5.54 Å². The minimum Gasteiger partial charge on any atom is -0.362 e. The smallest absolute Gasteiger partial charge is 0.0640 e. The molecule has 1 aliphatic heterocycles. The maximum Gasteiger partial charge on any atom is 0.0640 e. The molecule has 0 N–H and O–H groups in total. The molecule has 0 aromatic heterocycles. The van der Waals surface area contributed by atoms with Gasteiger partial charge in [-0.15, -0.1) is 0 Å². The second-order valence-corrected chi connectivity index (χ2v) is 8.91. The Kier molecular flexibility index (Phi) is 5.78. The summed E-state index contributed by atoms with van der Waals surface area (Å²) >= 11 is 8.92. The second-order valence-electron chi connectivity index (χ2n) is 7.26. The van der Waals surface area contributed by atoms with Crippen molar-refractivity contribution < 1.29 is 0 Å². The van der Waals surface area contributed by atoms with Gasteiger partial charge in [-0.2, -0.15) is 0 Å². The third-order valence-corrected chi connectivity index (χ3v) is 5.70. The Morgan fingerprint density at radius 1 is 1.23 bits per heavy atom. The van der Waals surface area contributed by atoms with Gasteiger partial charge in [0.05, 0.1) is 16.2 Å². The van der Waals surface area contributed by atoms with Crippen molar-refractivity contribution in [2.75, 3.05) is 11.4 Å². The molecule has 0 atom stereocenters. The average molecular weight is 479 g/mol. The zero-order chi connectivity index (χ0) is 18.9. The summed E-state index contributed by atoms with van der Waals surface area (Å²) < 4.78 is 1.17. The molecule has 0 radical (unpaired) electrons. The van der Waals surface area contributed by atoms with Crippen LogP contribution in [0.4, 0.5) is 11.4 Å². The summed E-state index contributed by atoms with van der Waals surface area (Å²) in [6.07, 6.45) is 5.31. The predicted molar refractivity (Wildman–Crippen MR) is 123 cm³/mol. The first-order chi connectivity index (χ1) is 12.3. The van der Waals surface area contributed by atoms with Crippen LogP contribution >= 0.6 is 34.2 Å². The van der Waals surface area contributed by atoms with Gasteiger partial charge in [0.15, 0.2) is 0 Å². The van der Waals surface area contributed by atoms with Gasteiger partial charge in [0.25, 0.3) is 0 Å². The maximum atomic E-state index is 6.63. The van der Waals surface area contributed by atoms with E-state index < -0.39 is 0 Å². The van der Waals surface area contributed by atoms with Crippen LogP contribution < -0.4 is 4.90 Å². The van der Waals surface area contributed by atoms with E-state index >= 15 is 0 Å². The minimum atomic E-state index is -0.00719. The highest BCUT2D eigenvalue weighted by molar-refractivity contribution is 14.1. The summed E-state index contributed by atoms with van der Waals surface area (Å²) in [5.41, 5.74) is 5.63. The number of allylic oxidation sites excluding steroid dienone is 1. The molecule has 1 aliphatic rings. The third-order valence-electron chi connectivity index (χ3n) is 4.70. The van der Waals surface area contributed by atoms with Gasteiger partial charge >= 0.3 is 0 Å². The third kappa shape index (κ3) is 3.99. The summed E-state index contributed by atoms with van der Waals surface area (Å²) in [4.78, 5) is 7.05. The van der Waals surface area contributed by atoms with Gasteiger partial charge in [-0.05, 0) is 85.7 Å². The molecule has 2 nitrogen and oxygen atoms in total. The zero-order valence-electron chi connectivity index (χ0n) is 15.7. The molecule has 26 heavy (non-hydrogen) atoms. The Morgan fingerprint density at radius 2 is 2.00 bits per heavy atom. The Bertz CT molecular complexity index is 884. The molecular weight excluding hydrogens is 455 g/mol. The quantitative estimate of drug-likeness (QED) is 0.338. The lowest BCUT2D eigenvalue weighted by atomic mass is 9.88. The fourth-order valence-electron chi connectivity index (χ4n) is 3.55. The van der Waals surface area contributed by atoms with Crippen molar-refractivity contribution in [3.05, 3.63) is 62.2 Å². The van der Waals surface area contributed by atoms with Crippen molar-refractivity contribution in [2.24, 2.45) is 4.99 Å². The van der Waals surface area contributed by atoms with E-state index in [1.165, 1.54) is 20.4 Å². The second kappa shape index (κ2) is 7.73. The van der Waals surface area contributed by atoms with Crippen molar-refractivity contribution in [3.63, 3.8) is 0 Å². The highest BCUT2D eigenvalue weighted by Crippen LogP contribution is 2.41. The summed E-state index contributed by atoms with van der Waals surface area (Å²) in [7, 11) is 0. The first-order valence-corrected chi connectivity index (χ1v) is 10.4. The van der Waals surface area contributed by atoms with Crippen LogP contribution in [-0.2, 0) is 0 Å². The molecule has 4 heteroatoms. The number of rotatable bonds is 4. The Hall–Kier alpha value is -1.33. The van der Waals surface area contributed by atoms with E-state index in [1.807, 2.05) is 18.3 Å². The highest BCUT2D eigenvalue weighted by Gasteiger charge is 2.31. The molecule has 0 aliphatic carbocycles. The van der Waals surface area contributed by atoms with Crippen LogP contribution in [0.3, 0.4) is 0 Å². The van der Waals surface area contributed by atoms with E-state index in [2.05, 4.69) is 90.5 Å². The normalized spacial score (nSPS) is 15.9. The Morgan fingerprint density at radius 3 is 2.69 bits per heavy atom. The molecule has 0 spiro atoms. The molecule has 136 valence electrons. The Balaban J connectivity index is 2.03. The standard InChI is InChI=1S/C22H24ClIN2/c1-5-9-26-21-12-20(23)16(10-19(21)15(2)13-22(26,3)4)14-25-18-8-6-7-17(24)11-18/h6-8,10-14H,5,9H2,1-4H3. The molecular formula is C22H24ClIN2. The number of hydrogen-bond acceptors (Lipinski definition) is 2. The lowest BCUT2D eigenvalue weighted by molar-refractivity contribution is 0.550. The summed E-state index contributed by atoms with van der Waals surface area (Å²) in [6.45, 7) is 9.92. The zero-order valence-corrected chi connectivity index (χ0v) is 18.6. The summed E-state index contributed by atoms with van der Waals surface area (Å²) in [5.74, 6) is 0. The largest absolute Gasteiger partial charge is 0.362 e. The predicted octanol–water partition coefficient (Wildman–Crippen LogP) is 7.11. The van der Waals surface area contributed by atoms with Crippen LogP contribution in [0.25, 0.3) is 5.57 Å². The van der Waals surface area contributed by atoms with Crippen molar-refractivity contribution in [2.45, 2.75) is 39.7 Å². The van der Waals surface area contributed by atoms with Crippen molar-refractivity contribution >= 4 is 57.4 Å². The number of nitrogens with zero attached hydrogens (tertiary/aromatic N) is 2. The van der Waals surface area contributed by atoms with Gasteiger partial charge in [0, 0.05) is 33.1 Å². The van der Waals surface area contributed by atoms with Gasteiger partial charge in [-0.25, -0.2) is 0 Å². The number of hydrogen-bond donors (Lipinski definition) is 0. The fourth-order valence-corrected chi connectivity index (χ4v) is 4.28.